The molecule has 7 N–H and O–H groups in total. The van der Waals surface area contributed by atoms with Gasteiger partial charge in [-0.3, -0.25) is 24.0 Å². The normalized spacial score (nSPS) is 17.9. The number of aliphatic carboxylic acids is 3. The van der Waals surface area contributed by atoms with E-state index in [1.54, 1.807) is 13.8 Å². The summed E-state index contributed by atoms with van der Waals surface area (Å²) in [6, 6.07) is -4.45. The average molecular weight is 487 g/mol. The summed E-state index contributed by atoms with van der Waals surface area (Å²) in [6.07, 6.45) is -0.0663. The number of carboxylic acids is 3. The molecule has 13 heteroatoms. The first-order chi connectivity index (χ1) is 15.9. The van der Waals surface area contributed by atoms with Gasteiger partial charge in [-0.1, -0.05) is 13.8 Å². The minimum Gasteiger partial charge on any atom is -0.481 e. The van der Waals surface area contributed by atoms with Gasteiger partial charge in [0.05, 0.1) is 6.04 Å². The summed E-state index contributed by atoms with van der Waals surface area (Å²) in [4.78, 5) is 71.6. The number of carboxylic acid groups (broad SMARTS) is 3. The van der Waals surface area contributed by atoms with E-state index < -0.39 is 72.6 Å². The van der Waals surface area contributed by atoms with Crippen molar-refractivity contribution in [2.24, 2.45) is 5.92 Å². The topological polar surface area (TPSA) is 211 Å². The largest absolute Gasteiger partial charge is 0.481 e. The Balaban J connectivity index is 2.97. The summed E-state index contributed by atoms with van der Waals surface area (Å²) in [6.45, 7) is 4.16. The van der Waals surface area contributed by atoms with E-state index in [1.807, 2.05) is 0 Å². The lowest BCUT2D eigenvalue weighted by atomic mass is 10.0. The second-order valence-electron chi connectivity index (χ2n) is 8.67. The van der Waals surface area contributed by atoms with E-state index in [0.717, 1.165) is 6.42 Å². The molecule has 192 valence electrons. The highest BCUT2D eigenvalue weighted by Crippen LogP contribution is 2.09. The lowest BCUT2D eigenvalue weighted by molar-refractivity contribution is -0.143. The first-order valence-corrected chi connectivity index (χ1v) is 11.2. The van der Waals surface area contributed by atoms with Crippen LogP contribution in [0.4, 0.5) is 0 Å². The van der Waals surface area contributed by atoms with E-state index in [2.05, 4.69) is 21.3 Å². The van der Waals surface area contributed by atoms with E-state index in [-0.39, 0.29) is 25.2 Å². The quantitative estimate of drug-likeness (QED) is 0.151. The van der Waals surface area contributed by atoms with E-state index in [9.17, 15) is 33.9 Å². The van der Waals surface area contributed by atoms with Crippen LogP contribution >= 0.6 is 0 Å². The first-order valence-electron chi connectivity index (χ1n) is 11.2. The molecule has 4 unspecified atom stereocenters. The standard InChI is InChI=1S/C21H34N4O9/c1-11(2)10-15(21(33)34)25-20(32)14(6-8-17(28)29)24-19(31)13(5-7-16(26)27)23-18(30)12-4-3-9-22-12/h11-15,22H,3-10H2,1-2H3,(H,23,30)(H,24,31)(H,25,32)(H,26,27)(H,28,29)(H,33,34). The minimum absolute atomic E-state index is 0.0618. The van der Waals surface area contributed by atoms with Gasteiger partial charge in [0.2, 0.25) is 17.7 Å². The number of hydrogen-bond donors (Lipinski definition) is 7. The van der Waals surface area contributed by atoms with Crippen molar-refractivity contribution < 1.29 is 44.1 Å². The average Bonchev–Trinajstić information content (AvgIpc) is 3.27. The Morgan fingerprint density at radius 2 is 1.32 bits per heavy atom. The van der Waals surface area contributed by atoms with Gasteiger partial charge in [0.1, 0.15) is 18.1 Å². The number of hydrogen-bond acceptors (Lipinski definition) is 7. The molecular formula is C21H34N4O9. The van der Waals surface area contributed by atoms with E-state index >= 15 is 0 Å². The molecule has 1 aliphatic rings. The van der Waals surface area contributed by atoms with Crippen LogP contribution < -0.4 is 21.3 Å². The second kappa shape index (κ2) is 14.1. The Labute approximate surface area is 197 Å². The Morgan fingerprint density at radius 1 is 0.824 bits per heavy atom. The zero-order valence-corrected chi connectivity index (χ0v) is 19.3. The molecule has 0 aliphatic carbocycles. The molecule has 13 nitrogen and oxygen atoms in total. The summed E-state index contributed by atoms with van der Waals surface area (Å²) in [7, 11) is 0. The number of amides is 3. The highest BCUT2D eigenvalue weighted by molar-refractivity contribution is 5.94. The summed E-state index contributed by atoms with van der Waals surface area (Å²) in [5, 5.41) is 37.5. The van der Waals surface area contributed by atoms with Crippen LogP contribution in [0.2, 0.25) is 0 Å². The predicted octanol–water partition coefficient (Wildman–Crippen LogP) is -0.947. The van der Waals surface area contributed by atoms with E-state index in [4.69, 9.17) is 10.2 Å². The molecule has 34 heavy (non-hydrogen) atoms. The van der Waals surface area contributed by atoms with Crippen LogP contribution in [0.1, 0.15) is 58.8 Å². The Hall–Kier alpha value is -3.22. The van der Waals surface area contributed by atoms with Crippen molar-refractivity contribution in [1.82, 2.24) is 21.3 Å². The molecule has 0 radical (unpaired) electrons. The molecule has 4 atom stereocenters. The summed E-state index contributed by atoms with van der Waals surface area (Å²) < 4.78 is 0. The van der Waals surface area contributed by atoms with Crippen molar-refractivity contribution in [3.8, 4) is 0 Å². The van der Waals surface area contributed by atoms with Gasteiger partial charge in [0.25, 0.3) is 0 Å². The van der Waals surface area contributed by atoms with Crippen molar-refractivity contribution in [2.45, 2.75) is 83.0 Å². The van der Waals surface area contributed by atoms with Crippen molar-refractivity contribution >= 4 is 35.6 Å². The molecular weight excluding hydrogens is 452 g/mol. The molecule has 0 spiro atoms. The fourth-order valence-electron chi connectivity index (χ4n) is 3.49. The van der Waals surface area contributed by atoms with Crippen LogP contribution in [0, 0.1) is 5.92 Å². The van der Waals surface area contributed by atoms with Gasteiger partial charge in [0, 0.05) is 12.8 Å². The Kier molecular flexibility index (Phi) is 12.0. The highest BCUT2D eigenvalue weighted by atomic mass is 16.4. The minimum atomic E-state index is -1.40. The lowest BCUT2D eigenvalue weighted by Crippen LogP contribution is -2.57. The van der Waals surface area contributed by atoms with Gasteiger partial charge in [-0.05, 0) is 44.6 Å². The molecule has 1 aliphatic heterocycles. The molecule has 1 saturated heterocycles. The fraction of sp³-hybridized carbons (Fsp3) is 0.714. The highest BCUT2D eigenvalue weighted by Gasteiger charge is 2.32. The molecule has 0 aromatic carbocycles. The maximum Gasteiger partial charge on any atom is 0.326 e. The van der Waals surface area contributed by atoms with Crippen LogP contribution in [0.15, 0.2) is 0 Å². The van der Waals surface area contributed by atoms with Crippen LogP contribution in [-0.4, -0.2) is 81.7 Å². The molecule has 1 rings (SSSR count). The number of carbonyl (C=O) groups is 6. The monoisotopic (exact) mass is 486 g/mol. The number of nitrogens with one attached hydrogen (secondary N) is 4. The maximum absolute atomic E-state index is 12.9. The van der Waals surface area contributed by atoms with Gasteiger partial charge in [0.15, 0.2) is 0 Å². The van der Waals surface area contributed by atoms with Crippen LogP contribution in [0.5, 0.6) is 0 Å². The van der Waals surface area contributed by atoms with Crippen molar-refractivity contribution in [3.05, 3.63) is 0 Å². The smallest absolute Gasteiger partial charge is 0.326 e. The third kappa shape index (κ3) is 10.6. The summed E-state index contributed by atoms with van der Waals surface area (Å²) in [5.41, 5.74) is 0. The van der Waals surface area contributed by atoms with Crippen molar-refractivity contribution in [1.29, 1.82) is 0 Å². The van der Waals surface area contributed by atoms with Crippen LogP contribution in [0.3, 0.4) is 0 Å². The van der Waals surface area contributed by atoms with Gasteiger partial charge in [-0.25, -0.2) is 4.79 Å². The molecule has 0 aromatic heterocycles. The second-order valence-corrected chi connectivity index (χ2v) is 8.67. The SMILES string of the molecule is CC(C)CC(NC(=O)C(CCC(=O)O)NC(=O)C(CCC(=O)O)NC(=O)C1CCCN1)C(=O)O. The van der Waals surface area contributed by atoms with Crippen molar-refractivity contribution in [2.75, 3.05) is 6.54 Å². The first kappa shape index (κ1) is 28.8. The Bertz CT molecular complexity index is 765. The van der Waals surface area contributed by atoms with Crippen molar-refractivity contribution in [3.63, 3.8) is 0 Å². The molecule has 0 aromatic rings. The van der Waals surface area contributed by atoms with Gasteiger partial charge >= 0.3 is 17.9 Å². The molecule has 1 heterocycles. The maximum atomic E-state index is 12.9. The van der Waals surface area contributed by atoms with Gasteiger partial charge in [-0.15, -0.1) is 0 Å². The zero-order chi connectivity index (χ0) is 25.8. The van der Waals surface area contributed by atoms with Crippen LogP contribution in [-0.2, 0) is 28.8 Å². The number of rotatable bonds is 15. The summed E-state index contributed by atoms with van der Waals surface area (Å²) in [5.74, 6) is -6.00. The zero-order valence-electron chi connectivity index (χ0n) is 19.3. The Morgan fingerprint density at radius 3 is 1.74 bits per heavy atom. The third-order valence-corrected chi connectivity index (χ3v) is 5.26. The number of carbonyl (C=O) groups excluding carboxylic acids is 3. The van der Waals surface area contributed by atoms with Gasteiger partial charge < -0.3 is 36.6 Å². The van der Waals surface area contributed by atoms with E-state index in [1.165, 1.54) is 0 Å². The predicted molar refractivity (Wildman–Crippen MR) is 118 cm³/mol. The fourth-order valence-corrected chi connectivity index (χ4v) is 3.49. The lowest BCUT2D eigenvalue weighted by Gasteiger charge is -2.25. The van der Waals surface area contributed by atoms with Crippen LogP contribution in [0.25, 0.3) is 0 Å². The van der Waals surface area contributed by atoms with E-state index in [0.29, 0.717) is 13.0 Å². The molecule has 3 amide bonds. The summed E-state index contributed by atoms with van der Waals surface area (Å²) >= 11 is 0. The van der Waals surface area contributed by atoms with Gasteiger partial charge in [-0.2, -0.15) is 0 Å². The molecule has 0 bridgehead atoms. The molecule has 0 saturated carbocycles. The third-order valence-electron chi connectivity index (χ3n) is 5.26. The molecule has 1 fully saturated rings.